The first-order valence-corrected chi connectivity index (χ1v) is 5.01. The van der Waals surface area contributed by atoms with Crippen LogP contribution in [0.25, 0.3) is 0 Å². The summed E-state index contributed by atoms with van der Waals surface area (Å²) in [5.41, 5.74) is 0.533. The SMILES string of the molecule is CC1(C)OCCC12CCCNC2. The van der Waals surface area contributed by atoms with Crippen molar-refractivity contribution in [2.24, 2.45) is 5.41 Å². The first-order chi connectivity index (χ1) is 5.66. The minimum Gasteiger partial charge on any atom is -0.375 e. The van der Waals surface area contributed by atoms with Crippen molar-refractivity contribution in [3.8, 4) is 0 Å². The van der Waals surface area contributed by atoms with E-state index in [0.29, 0.717) is 5.41 Å². The highest BCUT2D eigenvalue weighted by atomic mass is 16.5. The van der Waals surface area contributed by atoms with Gasteiger partial charge in [0.25, 0.3) is 0 Å². The molecule has 0 aromatic heterocycles. The lowest BCUT2D eigenvalue weighted by molar-refractivity contribution is -0.0424. The fourth-order valence-electron chi connectivity index (χ4n) is 2.65. The van der Waals surface area contributed by atoms with Gasteiger partial charge < -0.3 is 10.1 Å². The summed E-state index contributed by atoms with van der Waals surface area (Å²) in [4.78, 5) is 0. The van der Waals surface area contributed by atoms with Gasteiger partial charge in [-0.3, -0.25) is 0 Å². The van der Waals surface area contributed by atoms with Gasteiger partial charge in [-0.25, -0.2) is 0 Å². The third-order valence-corrected chi connectivity index (χ3v) is 3.79. The Morgan fingerprint density at radius 3 is 2.58 bits per heavy atom. The molecule has 2 rings (SSSR count). The zero-order valence-electron chi connectivity index (χ0n) is 8.15. The summed E-state index contributed by atoms with van der Waals surface area (Å²) < 4.78 is 5.79. The van der Waals surface area contributed by atoms with Gasteiger partial charge in [-0.05, 0) is 39.7 Å². The Balaban J connectivity index is 2.17. The van der Waals surface area contributed by atoms with E-state index < -0.39 is 0 Å². The first kappa shape index (κ1) is 8.52. The highest BCUT2D eigenvalue weighted by Crippen LogP contribution is 2.47. The predicted molar refractivity (Wildman–Crippen MR) is 49.2 cm³/mol. The molecule has 2 saturated heterocycles. The van der Waals surface area contributed by atoms with Crippen LogP contribution in [0.5, 0.6) is 0 Å². The third-order valence-electron chi connectivity index (χ3n) is 3.79. The quantitative estimate of drug-likeness (QED) is 0.594. The molecule has 2 aliphatic rings. The maximum Gasteiger partial charge on any atom is 0.0695 e. The van der Waals surface area contributed by atoms with E-state index >= 15 is 0 Å². The summed E-state index contributed by atoms with van der Waals surface area (Å²) in [6, 6.07) is 0. The standard InChI is InChI=1S/C10H19NO/c1-9(2)10(5-7-12-9)4-3-6-11-8-10/h11H,3-8H2,1-2H3. The maximum atomic E-state index is 5.79. The van der Waals surface area contributed by atoms with Crippen LogP contribution >= 0.6 is 0 Å². The van der Waals surface area contributed by atoms with E-state index in [-0.39, 0.29) is 5.60 Å². The third kappa shape index (κ3) is 1.09. The summed E-state index contributed by atoms with van der Waals surface area (Å²) in [6.45, 7) is 7.78. The van der Waals surface area contributed by atoms with Gasteiger partial charge >= 0.3 is 0 Å². The fraction of sp³-hybridized carbons (Fsp3) is 1.00. The van der Waals surface area contributed by atoms with Gasteiger partial charge in [0, 0.05) is 18.6 Å². The second-order valence-electron chi connectivity index (χ2n) is 4.67. The largest absolute Gasteiger partial charge is 0.375 e. The van der Waals surface area contributed by atoms with Crippen molar-refractivity contribution in [1.29, 1.82) is 0 Å². The zero-order chi connectivity index (χ0) is 8.66. The summed E-state index contributed by atoms with van der Waals surface area (Å²) in [7, 11) is 0. The van der Waals surface area contributed by atoms with E-state index in [9.17, 15) is 0 Å². The van der Waals surface area contributed by atoms with Gasteiger partial charge in [-0.2, -0.15) is 0 Å². The van der Waals surface area contributed by atoms with Gasteiger partial charge in [0.15, 0.2) is 0 Å². The fourth-order valence-corrected chi connectivity index (χ4v) is 2.65. The monoisotopic (exact) mass is 169 g/mol. The Labute approximate surface area is 74.7 Å². The van der Waals surface area contributed by atoms with E-state index in [1.165, 1.54) is 25.8 Å². The summed E-state index contributed by atoms with van der Waals surface area (Å²) >= 11 is 0. The minimum atomic E-state index is 0.0976. The molecule has 2 heteroatoms. The van der Waals surface area contributed by atoms with Crippen LogP contribution in [0.15, 0.2) is 0 Å². The lowest BCUT2D eigenvalue weighted by Gasteiger charge is -2.43. The van der Waals surface area contributed by atoms with Crippen molar-refractivity contribution in [3.05, 3.63) is 0 Å². The molecule has 2 heterocycles. The molecule has 2 nitrogen and oxygen atoms in total. The Hall–Kier alpha value is -0.0800. The van der Waals surface area contributed by atoms with Crippen molar-refractivity contribution in [3.63, 3.8) is 0 Å². The lowest BCUT2D eigenvalue weighted by atomic mass is 9.69. The number of ether oxygens (including phenoxy) is 1. The topological polar surface area (TPSA) is 21.3 Å². The first-order valence-electron chi connectivity index (χ1n) is 5.01. The zero-order valence-corrected chi connectivity index (χ0v) is 8.15. The van der Waals surface area contributed by atoms with Crippen LogP contribution in [0.1, 0.15) is 33.1 Å². The van der Waals surface area contributed by atoms with Gasteiger partial charge in [-0.1, -0.05) is 0 Å². The molecule has 70 valence electrons. The molecule has 0 amide bonds. The van der Waals surface area contributed by atoms with Crippen LogP contribution in [-0.4, -0.2) is 25.3 Å². The van der Waals surface area contributed by atoms with E-state index in [1.54, 1.807) is 0 Å². The highest BCUT2D eigenvalue weighted by Gasteiger charge is 2.50. The predicted octanol–water partition coefficient (Wildman–Crippen LogP) is 1.56. The van der Waals surface area contributed by atoms with Crippen molar-refractivity contribution in [2.45, 2.75) is 38.7 Å². The van der Waals surface area contributed by atoms with Gasteiger partial charge in [0.2, 0.25) is 0 Å². The van der Waals surface area contributed by atoms with E-state index in [4.69, 9.17) is 4.74 Å². The smallest absolute Gasteiger partial charge is 0.0695 e. The van der Waals surface area contributed by atoms with Crippen LogP contribution < -0.4 is 5.32 Å². The van der Waals surface area contributed by atoms with E-state index in [2.05, 4.69) is 19.2 Å². The highest BCUT2D eigenvalue weighted by molar-refractivity contribution is 5.01. The second kappa shape index (κ2) is 2.71. The maximum absolute atomic E-state index is 5.79. The molecule has 1 spiro atoms. The Morgan fingerprint density at radius 2 is 2.08 bits per heavy atom. The Bertz CT molecular complexity index is 171. The summed E-state index contributed by atoms with van der Waals surface area (Å²) in [6.07, 6.45) is 3.90. The van der Waals surface area contributed by atoms with Crippen molar-refractivity contribution in [1.82, 2.24) is 5.32 Å². The van der Waals surface area contributed by atoms with Gasteiger partial charge in [0.1, 0.15) is 0 Å². The van der Waals surface area contributed by atoms with E-state index in [1.807, 2.05) is 0 Å². The molecule has 0 bridgehead atoms. The van der Waals surface area contributed by atoms with Crippen LogP contribution in [0.4, 0.5) is 0 Å². The lowest BCUT2D eigenvalue weighted by Crippen LogP contribution is -2.50. The number of hydrogen-bond acceptors (Lipinski definition) is 2. The number of nitrogens with one attached hydrogen (secondary N) is 1. The summed E-state index contributed by atoms with van der Waals surface area (Å²) in [5, 5.41) is 3.49. The number of piperidine rings is 1. The summed E-state index contributed by atoms with van der Waals surface area (Å²) in [5.74, 6) is 0. The number of hydrogen-bond donors (Lipinski definition) is 1. The molecule has 12 heavy (non-hydrogen) atoms. The molecule has 0 aliphatic carbocycles. The number of rotatable bonds is 0. The molecule has 0 saturated carbocycles. The Kier molecular flexibility index (Phi) is 1.92. The van der Waals surface area contributed by atoms with Crippen LogP contribution in [0, 0.1) is 5.41 Å². The molecule has 2 fully saturated rings. The minimum absolute atomic E-state index is 0.0976. The Morgan fingerprint density at radius 1 is 1.25 bits per heavy atom. The molecule has 1 unspecified atom stereocenters. The van der Waals surface area contributed by atoms with Crippen LogP contribution in [0.3, 0.4) is 0 Å². The normalized spacial score (nSPS) is 40.5. The van der Waals surface area contributed by atoms with Gasteiger partial charge in [0.05, 0.1) is 5.60 Å². The van der Waals surface area contributed by atoms with Crippen LogP contribution in [-0.2, 0) is 4.74 Å². The average molecular weight is 169 g/mol. The molecule has 0 aromatic carbocycles. The van der Waals surface area contributed by atoms with Crippen molar-refractivity contribution >= 4 is 0 Å². The van der Waals surface area contributed by atoms with E-state index in [0.717, 1.165) is 13.2 Å². The molecule has 1 atom stereocenters. The average Bonchev–Trinajstić information content (AvgIpc) is 2.30. The molecule has 1 N–H and O–H groups in total. The molecule has 2 aliphatic heterocycles. The van der Waals surface area contributed by atoms with Crippen LogP contribution in [0.2, 0.25) is 0 Å². The molecule has 0 aromatic rings. The second-order valence-corrected chi connectivity index (χ2v) is 4.67. The van der Waals surface area contributed by atoms with Gasteiger partial charge in [-0.15, -0.1) is 0 Å². The molecular weight excluding hydrogens is 150 g/mol. The van der Waals surface area contributed by atoms with Crippen molar-refractivity contribution < 1.29 is 4.74 Å². The molecular formula is C10H19NO. The molecule has 0 radical (unpaired) electrons. The van der Waals surface area contributed by atoms with Crippen molar-refractivity contribution in [2.75, 3.05) is 19.7 Å².